The summed E-state index contributed by atoms with van der Waals surface area (Å²) < 4.78 is 0. The molecule has 4 rings (SSSR count). The smallest absolute Gasteiger partial charge is 0.227 e. The molecule has 3 heterocycles. The van der Waals surface area contributed by atoms with E-state index in [1.54, 1.807) is 12.4 Å². The van der Waals surface area contributed by atoms with Crippen LogP contribution in [0.2, 0.25) is 0 Å². The first-order chi connectivity index (χ1) is 14.6. The van der Waals surface area contributed by atoms with Crippen molar-refractivity contribution in [2.75, 3.05) is 31.5 Å². The number of hydrogen-bond acceptors (Lipinski definition) is 4. The molecule has 1 saturated heterocycles. The van der Waals surface area contributed by atoms with Gasteiger partial charge in [0.25, 0.3) is 0 Å². The second-order valence-corrected chi connectivity index (χ2v) is 8.03. The van der Waals surface area contributed by atoms with Crippen molar-refractivity contribution in [3.05, 3.63) is 42.9 Å². The quantitative estimate of drug-likeness (QED) is 0.506. The largest absolute Gasteiger partial charge is 0.348 e. The second kappa shape index (κ2) is 8.92. The highest BCUT2D eigenvalue weighted by Crippen LogP contribution is 2.30. The van der Waals surface area contributed by atoms with Gasteiger partial charge in [0.15, 0.2) is 5.11 Å². The number of nitrogens with one attached hydrogen (secondary N) is 1. The molecule has 1 aliphatic rings. The van der Waals surface area contributed by atoms with Crippen LogP contribution in [0.1, 0.15) is 26.7 Å². The Labute approximate surface area is 182 Å². The topological polar surface area (TPSA) is 61.4 Å². The Bertz CT molecular complexity index is 1080. The number of nitrogens with zero attached hydrogens (tertiary/aromatic N) is 4. The molecule has 0 bridgehead atoms. The van der Waals surface area contributed by atoms with Gasteiger partial charge >= 0.3 is 0 Å². The van der Waals surface area contributed by atoms with Crippen molar-refractivity contribution in [2.45, 2.75) is 26.7 Å². The van der Waals surface area contributed by atoms with Gasteiger partial charge in [-0.3, -0.25) is 14.8 Å². The molecule has 3 aromatic rings. The predicted molar refractivity (Wildman–Crippen MR) is 125 cm³/mol. The summed E-state index contributed by atoms with van der Waals surface area (Å²) in [5.74, 6) is 0.236. The molecule has 0 spiro atoms. The Morgan fingerprint density at radius 3 is 2.90 bits per heavy atom. The lowest BCUT2D eigenvalue weighted by atomic mass is 9.96. The monoisotopic (exact) mass is 421 g/mol. The molecule has 0 radical (unpaired) electrons. The van der Waals surface area contributed by atoms with Gasteiger partial charge in [-0.2, -0.15) is 0 Å². The van der Waals surface area contributed by atoms with Gasteiger partial charge in [-0.15, -0.1) is 0 Å². The number of likely N-dealkylation sites (tertiary alicyclic amines) is 1. The van der Waals surface area contributed by atoms with Crippen molar-refractivity contribution in [3.8, 4) is 0 Å². The average Bonchev–Trinajstić information content (AvgIpc) is 2.80. The number of rotatable bonds is 4. The fourth-order valence-electron chi connectivity index (χ4n) is 4.25. The highest BCUT2D eigenvalue weighted by atomic mass is 32.1. The number of carbonyl (C=O) groups is 1. The molecule has 6 nitrogen and oxygen atoms in total. The van der Waals surface area contributed by atoms with E-state index >= 15 is 0 Å². The number of thiocarbonyl (C=S) groups is 1. The summed E-state index contributed by atoms with van der Waals surface area (Å²) in [5.41, 5.74) is 1.83. The maximum Gasteiger partial charge on any atom is 0.227 e. The van der Waals surface area contributed by atoms with Crippen molar-refractivity contribution in [1.29, 1.82) is 0 Å². The lowest BCUT2D eigenvalue weighted by Crippen LogP contribution is -2.47. The van der Waals surface area contributed by atoms with Crippen LogP contribution >= 0.6 is 12.2 Å². The number of carbonyl (C=O) groups excluding carboxylic acids is 1. The third-order valence-corrected chi connectivity index (χ3v) is 6.24. The number of amides is 1. The molecule has 1 N–H and O–H groups in total. The number of pyridine rings is 2. The normalized spacial score (nSPS) is 16.6. The lowest BCUT2D eigenvalue weighted by Gasteiger charge is -2.36. The van der Waals surface area contributed by atoms with E-state index in [1.807, 2.05) is 43.1 Å². The molecule has 0 aliphatic carbocycles. The summed E-state index contributed by atoms with van der Waals surface area (Å²) in [6, 6.07) is 8.05. The first-order valence-electron chi connectivity index (χ1n) is 10.6. The molecule has 1 fully saturated rings. The van der Waals surface area contributed by atoms with Gasteiger partial charge in [-0.25, -0.2) is 0 Å². The Balaban J connectivity index is 1.57. The minimum atomic E-state index is -0.000473. The van der Waals surface area contributed by atoms with Crippen LogP contribution in [-0.4, -0.2) is 57.0 Å². The maximum absolute atomic E-state index is 12.8. The molecule has 30 heavy (non-hydrogen) atoms. The molecule has 1 unspecified atom stereocenters. The van der Waals surface area contributed by atoms with Crippen LogP contribution in [0.25, 0.3) is 21.7 Å². The van der Waals surface area contributed by atoms with Gasteiger partial charge < -0.3 is 15.1 Å². The molecule has 1 amide bonds. The van der Waals surface area contributed by atoms with Crippen LogP contribution in [0, 0.1) is 5.92 Å². The minimum absolute atomic E-state index is 0.000473. The van der Waals surface area contributed by atoms with E-state index in [2.05, 4.69) is 26.3 Å². The highest BCUT2D eigenvalue weighted by molar-refractivity contribution is 7.80. The van der Waals surface area contributed by atoms with E-state index in [0.717, 1.165) is 59.8 Å². The summed E-state index contributed by atoms with van der Waals surface area (Å²) in [5, 5.41) is 7.19. The van der Waals surface area contributed by atoms with E-state index in [-0.39, 0.29) is 11.8 Å². The van der Waals surface area contributed by atoms with Crippen LogP contribution in [0.3, 0.4) is 0 Å². The van der Waals surface area contributed by atoms with Gasteiger partial charge in [-0.1, -0.05) is 0 Å². The van der Waals surface area contributed by atoms with Gasteiger partial charge in [0, 0.05) is 55.5 Å². The van der Waals surface area contributed by atoms with Crippen LogP contribution < -0.4 is 5.32 Å². The van der Waals surface area contributed by atoms with Crippen molar-refractivity contribution >= 4 is 50.6 Å². The van der Waals surface area contributed by atoms with E-state index in [1.165, 1.54) is 0 Å². The molecular formula is C23H27N5OS. The zero-order valence-corrected chi connectivity index (χ0v) is 18.3. The molecule has 1 aromatic carbocycles. The number of benzene rings is 1. The van der Waals surface area contributed by atoms with Gasteiger partial charge in [-0.05, 0) is 68.6 Å². The summed E-state index contributed by atoms with van der Waals surface area (Å²) in [7, 11) is 0. The van der Waals surface area contributed by atoms with Crippen molar-refractivity contribution in [2.24, 2.45) is 5.92 Å². The van der Waals surface area contributed by atoms with E-state index in [0.29, 0.717) is 11.7 Å². The number of piperidine rings is 1. The van der Waals surface area contributed by atoms with Crippen LogP contribution in [0.5, 0.6) is 0 Å². The Hall–Kier alpha value is -2.80. The average molecular weight is 422 g/mol. The first-order valence-corrected chi connectivity index (χ1v) is 11.0. The third-order valence-electron chi connectivity index (χ3n) is 5.88. The fourth-order valence-corrected chi connectivity index (χ4v) is 4.53. The molecular weight excluding hydrogens is 394 g/mol. The van der Waals surface area contributed by atoms with Gasteiger partial charge in [0.2, 0.25) is 5.91 Å². The number of fused-ring (bicyclic) bond motifs is 3. The Morgan fingerprint density at radius 1 is 1.27 bits per heavy atom. The SMILES string of the molecule is CCN(CC)C(=O)C1CCCN(C(=S)Nc2cc3ccncc3c3ncccc23)C1. The van der Waals surface area contributed by atoms with Crippen molar-refractivity contribution in [1.82, 2.24) is 19.8 Å². The standard InChI is InChI=1S/C23H27N5OS/c1-3-27(4-2)22(29)17-7-6-12-28(15-17)23(30)26-20-13-16-9-11-24-14-19(16)21-18(20)8-5-10-25-21/h5,8-11,13-14,17H,3-4,6-7,12,15H2,1-2H3,(H,26,30). The summed E-state index contributed by atoms with van der Waals surface area (Å²) in [6.07, 6.45) is 7.31. The number of anilines is 1. The summed E-state index contributed by atoms with van der Waals surface area (Å²) in [4.78, 5) is 25.7. The second-order valence-electron chi connectivity index (χ2n) is 7.65. The Morgan fingerprint density at radius 2 is 2.10 bits per heavy atom. The minimum Gasteiger partial charge on any atom is -0.348 e. The summed E-state index contributed by atoms with van der Waals surface area (Å²) in [6.45, 7) is 7.08. The molecule has 156 valence electrons. The van der Waals surface area contributed by atoms with E-state index in [9.17, 15) is 4.79 Å². The van der Waals surface area contributed by atoms with Crippen LogP contribution in [-0.2, 0) is 4.79 Å². The number of aromatic nitrogens is 2. The van der Waals surface area contributed by atoms with Crippen molar-refractivity contribution in [3.63, 3.8) is 0 Å². The molecule has 1 atom stereocenters. The Kier molecular flexibility index (Phi) is 6.08. The molecule has 7 heteroatoms. The third kappa shape index (κ3) is 3.94. The molecule has 2 aromatic heterocycles. The maximum atomic E-state index is 12.8. The fraction of sp³-hybridized carbons (Fsp3) is 0.391. The summed E-state index contributed by atoms with van der Waals surface area (Å²) >= 11 is 5.76. The number of hydrogen-bond donors (Lipinski definition) is 1. The zero-order valence-electron chi connectivity index (χ0n) is 17.5. The van der Waals surface area contributed by atoms with E-state index < -0.39 is 0 Å². The lowest BCUT2D eigenvalue weighted by molar-refractivity contribution is -0.136. The molecule has 1 aliphatic heterocycles. The van der Waals surface area contributed by atoms with E-state index in [4.69, 9.17) is 12.2 Å². The highest BCUT2D eigenvalue weighted by Gasteiger charge is 2.29. The van der Waals surface area contributed by atoms with Gasteiger partial charge in [0.05, 0.1) is 17.1 Å². The van der Waals surface area contributed by atoms with Gasteiger partial charge in [0.1, 0.15) is 0 Å². The van der Waals surface area contributed by atoms with Crippen molar-refractivity contribution < 1.29 is 4.79 Å². The first kappa shape index (κ1) is 20.5. The van der Waals surface area contributed by atoms with Crippen LogP contribution in [0.4, 0.5) is 5.69 Å². The zero-order chi connectivity index (χ0) is 21.1. The molecule has 0 saturated carbocycles. The van der Waals surface area contributed by atoms with Crippen LogP contribution in [0.15, 0.2) is 42.9 Å². The predicted octanol–water partition coefficient (Wildman–Crippen LogP) is 4.06.